The van der Waals surface area contributed by atoms with Crippen LogP contribution in [0.2, 0.25) is 0 Å². The van der Waals surface area contributed by atoms with Crippen LogP contribution in [0.1, 0.15) is 56.9 Å². The smallest absolute Gasteiger partial charge is 0.232 e. The third kappa shape index (κ3) is 10.9. The third-order valence-electron chi connectivity index (χ3n) is 3.88. The molecular formula is C18H29NO3S. The maximum absolute atomic E-state index is 11.5. The van der Waals surface area contributed by atoms with Gasteiger partial charge in [0.1, 0.15) is 5.75 Å². The Morgan fingerprint density at radius 1 is 0.826 bits per heavy atom. The van der Waals surface area contributed by atoms with Crippen LogP contribution in [0.25, 0.3) is 0 Å². The lowest BCUT2D eigenvalue weighted by Gasteiger charge is -2.04. The molecule has 0 aliphatic heterocycles. The first-order chi connectivity index (χ1) is 11.0. The summed E-state index contributed by atoms with van der Waals surface area (Å²) in [5.74, 6) is -1.21. The summed E-state index contributed by atoms with van der Waals surface area (Å²) in [4.78, 5) is 10.6. The van der Waals surface area contributed by atoms with Crippen LogP contribution in [0.15, 0.2) is 30.3 Å². The summed E-state index contributed by atoms with van der Waals surface area (Å²) in [6.45, 7) is 0. The van der Waals surface area contributed by atoms with Crippen molar-refractivity contribution in [3.8, 4) is 0 Å². The van der Waals surface area contributed by atoms with E-state index in [0.717, 1.165) is 25.7 Å². The van der Waals surface area contributed by atoms with Gasteiger partial charge < -0.3 is 5.73 Å². The number of carbonyl (C=O) groups is 1. The molecule has 1 aromatic carbocycles. The van der Waals surface area contributed by atoms with Crippen molar-refractivity contribution in [2.45, 2.75) is 57.8 Å². The summed E-state index contributed by atoms with van der Waals surface area (Å²) < 4.78 is 22.9. The van der Waals surface area contributed by atoms with Crippen LogP contribution in [-0.2, 0) is 21.1 Å². The number of sulfone groups is 1. The lowest BCUT2D eigenvalue weighted by molar-refractivity contribution is -0.115. The Labute approximate surface area is 140 Å². The highest BCUT2D eigenvalue weighted by molar-refractivity contribution is 7.92. The van der Waals surface area contributed by atoms with Gasteiger partial charge in [-0.1, -0.05) is 68.9 Å². The minimum Gasteiger partial charge on any atom is -0.369 e. The summed E-state index contributed by atoms with van der Waals surface area (Å²) in [5.41, 5.74) is 6.31. The molecule has 0 saturated carbocycles. The van der Waals surface area contributed by atoms with Gasteiger partial charge in [0.2, 0.25) is 5.91 Å². The van der Waals surface area contributed by atoms with Gasteiger partial charge in [-0.3, -0.25) is 4.79 Å². The molecule has 0 radical (unpaired) electrons. The van der Waals surface area contributed by atoms with Crippen molar-refractivity contribution in [1.82, 2.24) is 0 Å². The fourth-order valence-corrected chi connectivity index (χ4v) is 3.87. The van der Waals surface area contributed by atoms with Crippen LogP contribution >= 0.6 is 0 Å². The van der Waals surface area contributed by atoms with Crippen molar-refractivity contribution in [2.24, 2.45) is 5.73 Å². The van der Waals surface area contributed by atoms with Gasteiger partial charge in [0.05, 0.1) is 5.75 Å². The van der Waals surface area contributed by atoms with Crippen LogP contribution in [0.4, 0.5) is 0 Å². The Hall–Kier alpha value is -1.36. The third-order valence-corrected chi connectivity index (χ3v) is 5.51. The summed E-state index contributed by atoms with van der Waals surface area (Å²) in [6.07, 6.45) is 9.84. The summed E-state index contributed by atoms with van der Waals surface area (Å²) >= 11 is 0. The Kier molecular flexibility index (Phi) is 9.60. The number of aryl methyl sites for hydroxylation is 1. The van der Waals surface area contributed by atoms with Crippen molar-refractivity contribution in [3.63, 3.8) is 0 Å². The van der Waals surface area contributed by atoms with E-state index in [1.165, 1.54) is 31.2 Å². The molecule has 23 heavy (non-hydrogen) atoms. The molecule has 4 nitrogen and oxygen atoms in total. The van der Waals surface area contributed by atoms with Gasteiger partial charge in [0, 0.05) is 0 Å². The van der Waals surface area contributed by atoms with E-state index >= 15 is 0 Å². The predicted octanol–water partition coefficient (Wildman–Crippen LogP) is 3.25. The van der Waals surface area contributed by atoms with Gasteiger partial charge >= 0.3 is 0 Å². The van der Waals surface area contributed by atoms with Gasteiger partial charge in [0.25, 0.3) is 0 Å². The number of primary amides is 1. The standard InChI is InChI=1S/C18H29NO3S/c19-18(20)16-23(21,22)15-11-6-4-2-1-3-5-8-12-17-13-9-7-10-14-17/h7,9-10,13-14H,1-6,8,11-12,15-16H2,(H2,19,20). The van der Waals surface area contributed by atoms with E-state index in [9.17, 15) is 13.2 Å². The minimum atomic E-state index is -3.29. The molecule has 0 unspecified atom stereocenters. The lowest BCUT2D eigenvalue weighted by atomic mass is 10.0. The molecule has 0 aliphatic rings. The number of rotatable bonds is 13. The topological polar surface area (TPSA) is 77.2 Å². The number of amides is 1. The highest BCUT2D eigenvalue weighted by atomic mass is 32.2. The Morgan fingerprint density at radius 3 is 1.91 bits per heavy atom. The normalized spacial score (nSPS) is 11.5. The van der Waals surface area contributed by atoms with E-state index in [1.807, 2.05) is 6.07 Å². The average molecular weight is 340 g/mol. The molecule has 0 spiro atoms. The van der Waals surface area contributed by atoms with Crippen molar-refractivity contribution < 1.29 is 13.2 Å². The molecule has 0 saturated heterocycles. The zero-order chi connectivity index (χ0) is 17.0. The molecule has 0 atom stereocenters. The van der Waals surface area contributed by atoms with Gasteiger partial charge in [-0.2, -0.15) is 0 Å². The second kappa shape index (κ2) is 11.2. The monoisotopic (exact) mass is 339 g/mol. The number of benzene rings is 1. The van der Waals surface area contributed by atoms with E-state index in [4.69, 9.17) is 5.73 Å². The van der Waals surface area contributed by atoms with Crippen LogP contribution in [0, 0.1) is 0 Å². The van der Waals surface area contributed by atoms with Gasteiger partial charge in [0.15, 0.2) is 9.84 Å². The molecule has 1 aromatic rings. The van der Waals surface area contributed by atoms with Crippen molar-refractivity contribution in [2.75, 3.05) is 11.5 Å². The Bertz CT molecular complexity index is 541. The largest absolute Gasteiger partial charge is 0.369 e. The SMILES string of the molecule is NC(=O)CS(=O)(=O)CCCCCCCCCCc1ccccc1. The maximum atomic E-state index is 11.5. The van der Waals surface area contributed by atoms with Crippen LogP contribution in [-0.4, -0.2) is 25.8 Å². The summed E-state index contributed by atoms with van der Waals surface area (Å²) in [6, 6.07) is 10.6. The first-order valence-corrected chi connectivity index (χ1v) is 10.3. The molecule has 2 N–H and O–H groups in total. The van der Waals surface area contributed by atoms with E-state index < -0.39 is 21.5 Å². The highest BCUT2D eigenvalue weighted by Crippen LogP contribution is 2.11. The predicted molar refractivity (Wildman–Crippen MR) is 94.9 cm³/mol. The van der Waals surface area contributed by atoms with Crippen molar-refractivity contribution >= 4 is 15.7 Å². The Morgan fingerprint density at radius 2 is 1.35 bits per heavy atom. The zero-order valence-electron chi connectivity index (χ0n) is 13.9. The second-order valence-corrected chi connectivity index (χ2v) is 8.31. The highest BCUT2D eigenvalue weighted by Gasteiger charge is 2.13. The molecule has 1 rings (SSSR count). The molecule has 0 aliphatic carbocycles. The quantitative estimate of drug-likeness (QED) is 0.560. The first-order valence-electron chi connectivity index (χ1n) is 8.52. The average Bonchev–Trinajstić information content (AvgIpc) is 2.49. The molecule has 0 heterocycles. The van der Waals surface area contributed by atoms with Crippen molar-refractivity contribution in [1.29, 1.82) is 0 Å². The zero-order valence-corrected chi connectivity index (χ0v) is 14.7. The van der Waals surface area contributed by atoms with Gasteiger partial charge in [-0.15, -0.1) is 0 Å². The molecule has 130 valence electrons. The fourth-order valence-electron chi connectivity index (χ4n) is 2.65. The van der Waals surface area contributed by atoms with Gasteiger partial charge in [-0.25, -0.2) is 8.42 Å². The van der Waals surface area contributed by atoms with E-state index in [2.05, 4.69) is 24.3 Å². The second-order valence-electron chi connectivity index (χ2n) is 6.12. The molecule has 0 bridgehead atoms. The number of unbranched alkanes of at least 4 members (excludes halogenated alkanes) is 7. The Balaban J connectivity index is 1.91. The molecule has 1 amide bonds. The first kappa shape index (κ1) is 19.7. The van der Waals surface area contributed by atoms with Crippen LogP contribution in [0.3, 0.4) is 0 Å². The van der Waals surface area contributed by atoms with Crippen LogP contribution < -0.4 is 5.73 Å². The fraction of sp³-hybridized carbons (Fsp3) is 0.611. The van der Waals surface area contributed by atoms with Gasteiger partial charge in [-0.05, 0) is 24.8 Å². The lowest BCUT2D eigenvalue weighted by Crippen LogP contribution is -2.24. The van der Waals surface area contributed by atoms with E-state index in [1.54, 1.807) is 0 Å². The maximum Gasteiger partial charge on any atom is 0.232 e. The number of nitrogens with two attached hydrogens (primary N) is 1. The number of hydrogen-bond donors (Lipinski definition) is 1. The minimum absolute atomic E-state index is 0.0764. The molecular weight excluding hydrogens is 310 g/mol. The number of carbonyl (C=O) groups excluding carboxylic acids is 1. The van der Waals surface area contributed by atoms with Crippen molar-refractivity contribution in [3.05, 3.63) is 35.9 Å². The molecule has 5 heteroatoms. The molecule has 0 fully saturated rings. The number of hydrogen-bond acceptors (Lipinski definition) is 3. The molecule has 0 aromatic heterocycles. The van der Waals surface area contributed by atoms with Crippen LogP contribution in [0.5, 0.6) is 0 Å². The summed E-state index contributed by atoms with van der Waals surface area (Å²) in [5, 5.41) is 0. The summed E-state index contributed by atoms with van der Waals surface area (Å²) in [7, 11) is -3.29. The van der Waals surface area contributed by atoms with E-state index in [0.29, 0.717) is 6.42 Å². The van der Waals surface area contributed by atoms with E-state index in [-0.39, 0.29) is 5.75 Å².